The van der Waals surface area contributed by atoms with Crippen LogP contribution >= 0.6 is 22.9 Å². The Balaban J connectivity index is 2.23. The second kappa shape index (κ2) is 6.45. The van der Waals surface area contributed by atoms with Crippen molar-refractivity contribution in [1.82, 2.24) is 0 Å². The Morgan fingerprint density at radius 2 is 2.14 bits per heavy atom. The predicted octanol–water partition coefficient (Wildman–Crippen LogP) is 5.35. The lowest BCUT2D eigenvalue weighted by molar-refractivity contribution is -0.384. The highest BCUT2D eigenvalue weighted by molar-refractivity contribution is 7.12. The minimum atomic E-state index is -0.463. The number of hydrogen-bond donors (Lipinski definition) is 1. The minimum absolute atomic E-state index is 0.0586. The van der Waals surface area contributed by atoms with E-state index < -0.39 is 4.92 Å². The molecule has 6 heteroatoms. The van der Waals surface area contributed by atoms with E-state index >= 15 is 0 Å². The fraction of sp³-hybridized carbons (Fsp3) is 0.333. The van der Waals surface area contributed by atoms with Crippen molar-refractivity contribution in [3.8, 4) is 0 Å². The van der Waals surface area contributed by atoms with Crippen molar-refractivity contribution in [3.05, 3.63) is 54.7 Å². The Bertz CT molecular complexity index is 670. The lowest BCUT2D eigenvalue weighted by atomic mass is 10.1. The molecular formula is C15H17ClN2O2S. The molecule has 21 heavy (non-hydrogen) atoms. The van der Waals surface area contributed by atoms with Crippen LogP contribution in [0.2, 0.25) is 5.02 Å². The molecule has 1 aromatic carbocycles. The molecule has 0 saturated heterocycles. The first-order valence-electron chi connectivity index (χ1n) is 6.72. The third-order valence-corrected chi connectivity index (χ3v) is 5.04. The second-order valence-corrected chi connectivity index (χ2v) is 6.51. The Morgan fingerprint density at radius 1 is 1.43 bits per heavy atom. The number of hydrogen-bond acceptors (Lipinski definition) is 4. The largest absolute Gasteiger partial charge is 0.377 e. The topological polar surface area (TPSA) is 55.2 Å². The summed E-state index contributed by atoms with van der Waals surface area (Å²) in [5, 5.41) is 14.4. The number of benzene rings is 1. The van der Waals surface area contributed by atoms with Crippen molar-refractivity contribution in [2.45, 2.75) is 33.2 Å². The maximum atomic E-state index is 10.9. The van der Waals surface area contributed by atoms with Crippen LogP contribution in [0.15, 0.2) is 24.3 Å². The SMILES string of the molecule is CCc1ccc(C(C)Nc2cc(Cl)c([N+](=O)[O-])cc2C)s1. The highest BCUT2D eigenvalue weighted by Gasteiger charge is 2.16. The number of aryl methyl sites for hydroxylation is 2. The number of nitro groups is 1. The van der Waals surface area contributed by atoms with E-state index in [1.165, 1.54) is 15.8 Å². The van der Waals surface area contributed by atoms with Crippen LogP contribution in [0.3, 0.4) is 0 Å². The van der Waals surface area contributed by atoms with Crippen molar-refractivity contribution in [1.29, 1.82) is 0 Å². The Labute approximate surface area is 132 Å². The van der Waals surface area contributed by atoms with Gasteiger partial charge >= 0.3 is 0 Å². The van der Waals surface area contributed by atoms with Crippen molar-refractivity contribution in [3.63, 3.8) is 0 Å². The molecule has 112 valence electrons. The lowest BCUT2D eigenvalue weighted by Gasteiger charge is -2.16. The summed E-state index contributed by atoms with van der Waals surface area (Å²) in [6, 6.07) is 7.51. The summed E-state index contributed by atoms with van der Waals surface area (Å²) in [5.41, 5.74) is 1.58. The molecule has 0 aliphatic carbocycles. The highest BCUT2D eigenvalue weighted by Crippen LogP contribution is 2.33. The van der Waals surface area contributed by atoms with Gasteiger partial charge in [0.05, 0.1) is 11.0 Å². The van der Waals surface area contributed by atoms with Crippen LogP contribution in [0.5, 0.6) is 0 Å². The molecule has 1 atom stereocenters. The molecule has 4 nitrogen and oxygen atoms in total. The average molecular weight is 325 g/mol. The first-order chi connectivity index (χ1) is 9.92. The molecule has 0 fully saturated rings. The number of rotatable bonds is 5. The van der Waals surface area contributed by atoms with E-state index in [2.05, 4.69) is 31.3 Å². The highest BCUT2D eigenvalue weighted by atomic mass is 35.5. The molecule has 0 aliphatic heterocycles. The van der Waals surface area contributed by atoms with E-state index in [0.29, 0.717) is 0 Å². The molecule has 0 saturated carbocycles. The van der Waals surface area contributed by atoms with Gasteiger partial charge in [0.1, 0.15) is 5.02 Å². The molecule has 1 unspecified atom stereocenters. The van der Waals surface area contributed by atoms with Crippen LogP contribution in [0.25, 0.3) is 0 Å². The van der Waals surface area contributed by atoms with Crippen LogP contribution in [0, 0.1) is 17.0 Å². The third-order valence-electron chi connectivity index (χ3n) is 3.32. The monoisotopic (exact) mass is 324 g/mol. The third kappa shape index (κ3) is 3.54. The van der Waals surface area contributed by atoms with Gasteiger partial charge in [-0.05, 0) is 44.0 Å². The molecule has 2 rings (SSSR count). The van der Waals surface area contributed by atoms with E-state index in [9.17, 15) is 10.1 Å². The average Bonchev–Trinajstić information content (AvgIpc) is 2.91. The van der Waals surface area contributed by atoms with E-state index in [1.54, 1.807) is 17.4 Å². The Hall–Kier alpha value is -1.59. The van der Waals surface area contributed by atoms with Gasteiger partial charge in [0, 0.05) is 21.5 Å². The molecule has 1 heterocycles. The van der Waals surface area contributed by atoms with Crippen molar-refractivity contribution >= 4 is 34.3 Å². The number of thiophene rings is 1. The van der Waals surface area contributed by atoms with Crippen LogP contribution in [0.4, 0.5) is 11.4 Å². The van der Waals surface area contributed by atoms with Gasteiger partial charge in [-0.3, -0.25) is 10.1 Å². The number of anilines is 1. The van der Waals surface area contributed by atoms with E-state index in [0.717, 1.165) is 17.7 Å². The quantitative estimate of drug-likeness (QED) is 0.595. The summed E-state index contributed by atoms with van der Waals surface area (Å²) >= 11 is 7.75. The van der Waals surface area contributed by atoms with Crippen molar-refractivity contribution < 1.29 is 4.92 Å². The summed E-state index contributed by atoms with van der Waals surface area (Å²) in [4.78, 5) is 13.0. The smallest absolute Gasteiger partial charge is 0.288 e. The first kappa shape index (κ1) is 15.8. The van der Waals surface area contributed by atoms with E-state index in [-0.39, 0.29) is 16.8 Å². The van der Waals surface area contributed by atoms with Gasteiger partial charge in [0.25, 0.3) is 5.69 Å². The zero-order valence-electron chi connectivity index (χ0n) is 12.1. The minimum Gasteiger partial charge on any atom is -0.377 e. The van der Waals surface area contributed by atoms with Gasteiger partial charge in [0.2, 0.25) is 0 Å². The Morgan fingerprint density at radius 3 is 2.71 bits per heavy atom. The number of nitrogens with one attached hydrogen (secondary N) is 1. The molecule has 0 amide bonds. The van der Waals surface area contributed by atoms with Crippen molar-refractivity contribution in [2.75, 3.05) is 5.32 Å². The molecule has 0 spiro atoms. The number of halogens is 1. The molecule has 1 aromatic heterocycles. The fourth-order valence-electron chi connectivity index (χ4n) is 2.08. The second-order valence-electron chi connectivity index (χ2n) is 4.90. The number of nitrogens with zero attached hydrogens (tertiary/aromatic N) is 1. The van der Waals surface area contributed by atoms with E-state index in [1.807, 2.05) is 6.92 Å². The Kier molecular flexibility index (Phi) is 4.85. The maximum Gasteiger partial charge on any atom is 0.288 e. The number of nitro benzene ring substituents is 1. The zero-order valence-corrected chi connectivity index (χ0v) is 13.7. The molecular weight excluding hydrogens is 308 g/mol. The summed E-state index contributed by atoms with van der Waals surface area (Å²) < 4.78 is 0. The molecule has 0 radical (unpaired) electrons. The first-order valence-corrected chi connectivity index (χ1v) is 7.91. The summed E-state index contributed by atoms with van der Waals surface area (Å²) in [7, 11) is 0. The molecule has 0 aliphatic rings. The van der Waals surface area contributed by atoms with Crippen LogP contribution in [-0.2, 0) is 6.42 Å². The molecule has 0 bridgehead atoms. The van der Waals surface area contributed by atoms with Gasteiger partial charge < -0.3 is 5.32 Å². The van der Waals surface area contributed by atoms with Gasteiger partial charge in [-0.2, -0.15) is 0 Å². The van der Waals surface area contributed by atoms with E-state index in [4.69, 9.17) is 11.6 Å². The summed E-state index contributed by atoms with van der Waals surface area (Å²) in [5.74, 6) is 0. The summed E-state index contributed by atoms with van der Waals surface area (Å²) in [6.45, 7) is 6.04. The van der Waals surface area contributed by atoms with Gasteiger partial charge in [-0.25, -0.2) is 0 Å². The molecule has 1 N–H and O–H groups in total. The lowest BCUT2D eigenvalue weighted by Crippen LogP contribution is -2.06. The standard InChI is InChI=1S/C15H17ClN2O2S/c1-4-11-5-6-15(21-11)10(3)17-13-8-12(16)14(18(19)20)7-9(13)2/h5-8,10,17H,4H2,1-3H3. The van der Waals surface area contributed by atoms with Crippen LogP contribution in [-0.4, -0.2) is 4.92 Å². The van der Waals surface area contributed by atoms with Crippen molar-refractivity contribution in [2.24, 2.45) is 0 Å². The fourth-order valence-corrected chi connectivity index (χ4v) is 3.27. The van der Waals surface area contributed by atoms with Crippen LogP contribution < -0.4 is 5.32 Å². The van der Waals surface area contributed by atoms with Gasteiger partial charge in [-0.15, -0.1) is 11.3 Å². The van der Waals surface area contributed by atoms with Gasteiger partial charge in [0.15, 0.2) is 0 Å². The maximum absolute atomic E-state index is 10.9. The van der Waals surface area contributed by atoms with Crippen LogP contribution in [0.1, 0.15) is 35.2 Å². The summed E-state index contributed by atoms with van der Waals surface area (Å²) in [6.07, 6.45) is 1.03. The zero-order chi connectivity index (χ0) is 15.6. The predicted molar refractivity (Wildman–Crippen MR) is 88.6 cm³/mol. The normalized spacial score (nSPS) is 12.2. The van der Waals surface area contributed by atoms with Gasteiger partial charge in [-0.1, -0.05) is 18.5 Å². The molecule has 2 aromatic rings.